The summed E-state index contributed by atoms with van der Waals surface area (Å²) in [5.74, 6) is 1.63. The molecule has 0 atom stereocenters. The Kier molecular flexibility index (Phi) is 4.65. The second kappa shape index (κ2) is 6.47. The second-order valence-corrected chi connectivity index (χ2v) is 7.11. The standard InChI is InChI=1S/C14H13Br2NO2S/c15-10-1-4-20-13(10)8-17-7-9-5-11(16)14-12(6-9)18-2-3-19-14/h1,4-6,17H,2-3,7-8H2. The Bertz CT molecular complexity index is 615. The van der Waals surface area contributed by atoms with E-state index in [9.17, 15) is 0 Å². The van der Waals surface area contributed by atoms with Crippen LogP contribution in [0.1, 0.15) is 10.4 Å². The van der Waals surface area contributed by atoms with Crippen LogP contribution in [0.3, 0.4) is 0 Å². The first-order valence-corrected chi connectivity index (χ1v) is 8.71. The van der Waals surface area contributed by atoms with Crippen molar-refractivity contribution in [2.75, 3.05) is 13.2 Å². The van der Waals surface area contributed by atoms with Crippen molar-refractivity contribution in [2.45, 2.75) is 13.1 Å². The average molecular weight is 419 g/mol. The monoisotopic (exact) mass is 417 g/mol. The Labute approximate surface area is 138 Å². The van der Waals surface area contributed by atoms with Gasteiger partial charge in [0.25, 0.3) is 0 Å². The number of thiophene rings is 1. The number of ether oxygens (including phenoxy) is 2. The Morgan fingerprint density at radius 3 is 2.75 bits per heavy atom. The van der Waals surface area contributed by atoms with Crippen LogP contribution in [0, 0.1) is 0 Å². The van der Waals surface area contributed by atoms with Crippen molar-refractivity contribution in [2.24, 2.45) is 0 Å². The molecule has 20 heavy (non-hydrogen) atoms. The van der Waals surface area contributed by atoms with E-state index in [-0.39, 0.29) is 0 Å². The van der Waals surface area contributed by atoms with Gasteiger partial charge in [0, 0.05) is 22.4 Å². The van der Waals surface area contributed by atoms with E-state index in [1.165, 1.54) is 14.9 Å². The fourth-order valence-electron chi connectivity index (χ4n) is 2.04. The summed E-state index contributed by atoms with van der Waals surface area (Å²) in [4.78, 5) is 1.31. The molecule has 3 rings (SSSR count). The summed E-state index contributed by atoms with van der Waals surface area (Å²) in [5.41, 5.74) is 1.17. The van der Waals surface area contributed by atoms with E-state index >= 15 is 0 Å². The van der Waals surface area contributed by atoms with Crippen LogP contribution < -0.4 is 14.8 Å². The normalized spacial score (nSPS) is 13.5. The molecule has 0 aliphatic carbocycles. The van der Waals surface area contributed by atoms with Crippen LogP contribution in [0.5, 0.6) is 11.5 Å². The third kappa shape index (κ3) is 3.19. The second-order valence-electron chi connectivity index (χ2n) is 4.40. The molecule has 0 amide bonds. The lowest BCUT2D eigenvalue weighted by Gasteiger charge is -2.20. The van der Waals surface area contributed by atoms with E-state index in [4.69, 9.17) is 9.47 Å². The predicted molar refractivity (Wildman–Crippen MR) is 87.7 cm³/mol. The first kappa shape index (κ1) is 14.4. The summed E-state index contributed by atoms with van der Waals surface area (Å²) in [5, 5.41) is 5.53. The minimum absolute atomic E-state index is 0.607. The van der Waals surface area contributed by atoms with Crippen molar-refractivity contribution >= 4 is 43.2 Å². The molecule has 2 heterocycles. The lowest BCUT2D eigenvalue weighted by atomic mass is 10.2. The van der Waals surface area contributed by atoms with Gasteiger partial charge in [-0.05, 0) is 61.0 Å². The zero-order chi connectivity index (χ0) is 13.9. The molecule has 0 bridgehead atoms. The molecule has 1 aliphatic heterocycles. The third-order valence-corrected chi connectivity index (χ3v) is 5.48. The molecule has 1 aromatic heterocycles. The Hall–Kier alpha value is -0.560. The first-order valence-electron chi connectivity index (χ1n) is 6.24. The summed E-state index contributed by atoms with van der Waals surface area (Å²) in [6.07, 6.45) is 0. The van der Waals surface area contributed by atoms with Gasteiger partial charge in [-0.3, -0.25) is 0 Å². The number of benzene rings is 1. The maximum Gasteiger partial charge on any atom is 0.175 e. The average Bonchev–Trinajstić information content (AvgIpc) is 2.85. The number of hydrogen-bond donors (Lipinski definition) is 1. The van der Waals surface area contributed by atoms with E-state index in [2.05, 4.69) is 54.7 Å². The van der Waals surface area contributed by atoms with Gasteiger partial charge in [0.1, 0.15) is 13.2 Å². The van der Waals surface area contributed by atoms with Gasteiger partial charge in [0.2, 0.25) is 0 Å². The summed E-state index contributed by atoms with van der Waals surface area (Å²) in [7, 11) is 0. The zero-order valence-corrected chi connectivity index (χ0v) is 14.6. The fraction of sp³-hybridized carbons (Fsp3) is 0.286. The van der Waals surface area contributed by atoms with Crippen molar-refractivity contribution in [3.8, 4) is 11.5 Å². The highest BCUT2D eigenvalue weighted by Gasteiger charge is 2.16. The summed E-state index contributed by atoms with van der Waals surface area (Å²) < 4.78 is 13.3. The van der Waals surface area contributed by atoms with E-state index in [0.29, 0.717) is 13.2 Å². The van der Waals surface area contributed by atoms with E-state index in [1.54, 1.807) is 11.3 Å². The van der Waals surface area contributed by atoms with Gasteiger partial charge >= 0.3 is 0 Å². The molecule has 1 aliphatic rings. The lowest BCUT2D eigenvalue weighted by molar-refractivity contribution is 0.170. The van der Waals surface area contributed by atoms with Crippen molar-refractivity contribution < 1.29 is 9.47 Å². The molecule has 0 saturated carbocycles. The summed E-state index contributed by atoms with van der Waals surface area (Å²) >= 11 is 8.82. The van der Waals surface area contributed by atoms with Crippen LogP contribution in [0.4, 0.5) is 0 Å². The fourth-order valence-corrected chi connectivity index (χ4v) is 4.10. The number of nitrogens with one attached hydrogen (secondary N) is 1. The largest absolute Gasteiger partial charge is 0.486 e. The molecule has 0 unspecified atom stereocenters. The number of halogens is 2. The molecule has 0 spiro atoms. The molecule has 1 N–H and O–H groups in total. The van der Waals surface area contributed by atoms with Crippen molar-refractivity contribution in [3.05, 3.63) is 43.0 Å². The molecule has 0 saturated heterocycles. The Balaban J connectivity index is 1.66. The molecular weight excluding hydrogens is 406 g/mol. The molecule has 106 valence electrons. The zero-order valence-electron chi connectivity index (χ0n) is 10.6. The van der Waals surface area contributed by atoms with Gasteiger partial charge in [0.15, 0.2) is 11.5 Å². The van der Waals surface area contributed by atoms with Crippen LogP contribution >= 0.6 is 43.2 Å². The third-order valence-electron chi connectivity index (χ3n) is 2.96. The Morgan fingerprint density at radius 2 is 1.95 bits per heavy atom. The molecule has 0 radical (unpaired) electrons. The van der Waals surface area contributed by atoms with E-state index in [1.807, 2.05) is 6.07 Å². The summed E-state index contributed by atoms with van der Waals surface area (Å²) in [6.45, 7) is 2.86. The number of rotatable bonds is 4. The highest BCUT2D eigenvalue weighted by molar-refractivity contribution is 9.10. The van der Waals surface area contributed by atoms with Gasteiger partial charge in [-0.1, -0.05) is 0 Å². The quantitative estimate of drug-likeness (QED) is 0.801. The van der Waals surface area contributed by atoms with Crippen LogP contribution in [-0.2, 0) is 13.1 Å². The van der Waals surface area contributed by atoms with E-state index < -0.39 is 0 Å². The van der Waals surface area contributed by atoms with Crippen molar-refractivity contribution in [3.63, 3.8) is 0 Å². The minimum atomic E-state index is 0.607. The molecule has 6 heteroatoms. The minimum Gasteiger partial charge on any atom is -0.486 e. The maximum atomic E-state index is 5.63. The molecular formula is C14H13Br2NO2S. The highest BCUT2D eigenvalue weighted by atomic mass is 79.9. The van der Waals surface area contributed by atoms with E-state index in [0.717, 1.165) is 29.1 Å². The van der Waals surface area contributed by atoms with Crippen molar-refractivity contribution in [1.29, 1.82) is 0 Å². The van der Waals surface area contributed by atoms with Crippen LogP contribution in [0.2, 0.25) is 0 Å². The van der Waals surface area contributed by atoms with Gasteiger partial charge in [-0.25, -0.2) is 0 Å². The lowest BCUT2D eigenvalue weighted by Crippen LogP contribution is -2.17. The molecule has 3 nitrogen and oxygen atoms in total. The molecule has 2 aromatic rings. The maximum absolute atomic E-state index is 5.63. The Morgan fingerprint density at radius 1 is 1.10 bits per heavy atom. The first-order chi connectivity index (χ1) is 9.74. The predicted octanol–water partition coefficient (Wildman–Crippen LogP) is 4.33. The van der Waals surface area contributed by atoms with Crippen LogP contribution in [0.15, 0.2) is 32.5 Å². The van der Waals surface area contributed by atoms with Gasteiger partial charge in [-0.2, -0.15) is 0 Å². The molecule has 0 fully saturated rings. The summed E-state index contributed by atoms with van der Waals surface area (Å²) in [6, 6.07) is 6.18. The smallest absolute Gasteiger partial charge is 0.175 e. The van der Waals surface area contributed by atoms with Crippen LogP contribution in [0.25, 0.3) is 0 Å². The molecule has 1 aromatic carbocycles. The SMILES string of the molecule is Brc1ccsc1CNCc1cc(Br)c2c(c1)OCCO2. The number of fused-ring (bicyclic) bond motifs is 1. The van der Waals surface area contributed by atoms with Crippen molar-refractivity contribution in [1.82, 2.24) is 5.32 Å². The van der Waals surface area contributed by atoms with Gasteiger partial charge in [-0.15, -0.1) is 11.3 Å². The van der Waals surface area contributed by atoms with Crippen LogP contribution in [-0.4, -0.2) is 13.2 Å². The van der Waals surface area contributed by atoms with Gasteiger partial charge < -0.3 is 14.8 Å². The highest BCUT2D eigenvalue weighted by Crippen LogP contribution is 2.38. The number of hydrogen-bond acceptors (Lipinski definition) is 4. The van der Waals surface area contributed by atoms with Gasteiger partial charge in [0.05, 0.1) is 4.47 Å². The topological polar surface area (TPSA) is 30.5 Å².